The highest BCUT2D eigenvalue weighted by molar-refractivity contribution is 9.10. The van der Waals surface area contributed by atoms with Gasteiger partial charge in [0.15, 0.2) is 0 Å². The lowest BCUT2D eigenvalue weighted by molar-refractivity contribution is 0.342. The summed E-state index contributed by atoms with van der Waals surface area (Å²) < 4.78 is 0.891. The van der Waals surface area contributed by atoms with Crippen LogP contribution in [0.3, 0.4) is 0 Å². The van der Waals surface area contributed by atoms with Crippen molar-refractivity contribution in [3.8, 4) is 0 Å². The monoisotopic (exact) mass is 328 g/mol. The van der Waals surface area contributed by atoms with Crippen molar-refractivity contribution in [3.63, 3.8) is 0 Å². The van der Waals surface area contributed by atoms with E-state index in [1.807, 2.05) is 7.05 Å². The van der Waals surface area contributed by atoms with Crippen LogP contribution in [0.25, 0.3) is 0 Å². The van der Waals surface area contributed by atoms with Crippen LogP contribution in [-0.4, -0.2) is 23.6 Å². The van der Waals surface area contributed by atoms with Gasteiger partial charge in [0, 0.05) is 13.6 Å². The number of aromatic nitrogens is 2. The van der Waals surface area contributed by atoms with Crippen LogP contribution >= 0.6 is 15.9 Å². The summed E-state index contributed by atoms with van der Waals surface area (Å²) in [7, 11) is 1.85. The third-order valence-electron chi connectivity index (χ3n) is 3.22. The van der Waals surface area contributed by atoms with E-state index in [4.69, 9.17) is 0 Å². The van der Waals surface area contributed by atoms with Crippen LogP contribution in [0.4, 0.5) is 11.6 Å². The number of hydrogen-bond acceptors (Lipinski definition) is 4. The lowest BCUT2D eigenvalue weighted by Crippen LogP contribution is -2.23. The zero-order valence-corrected chi connectivity index (χ0v) is 14.0. The summed E-state index contributed by atoms with van der Waals surface area (Å²) in [6, 6.07) is 0. The molecule has 0 aliphatic carbocycles. The van der Waals surface area contributed by atoms with E-state index in [1.165, 1.54) is 25.7 Å². The van der Waals surface area contributed by atoms with Gasteiger partial charge in [-0.15, -0.1) is 0 Å². The Labute approximate surface area is 124 Å². The molecule has 0 spiro atoms. The first-order chi connectivity index (χ1) is 9.00. The molecular weight excluding hydrogens is 304 g/mol. The van der Waals surface area contributed by atoms with Crippen molar-refractivity contribution >= 4 is 27.6 Å². The smallest absolute Gasteiger partial charge is 0.145 e. The molecule has 1 heterocycles. The van der Waals surface area contributed by atoms with Gasteiger partial charge in [-0.3, -0.25) is 0 Å². The Kier molecular flexibility index (Phi) is 6.55. The molecule has 19 heavy (non-hydrogen) atoms. The molecule has 0 aliphatic rings. The zero-order chi connectivity index (χ0) is 14.3. The molecule has 1 rings (SSSR count). The van der Waals surface area contributed by atoms with Crippen LogP contribution in [0.1, 0.15) is 46.5 Å². The molecule has 108 valence electrons. The molecule has 0 atom stereocenters. The topological polar surface area (TPSA) is 49.8 Å². The largest absolute Gasteiger partial charge is 0.372 e. The summed E-state index contributed by atoms with van der Waals surface area (Å²) in [4.78, 5) is 8.43. The molecule has 1 aromatic rings. The molecule has 0 amide bonds. The Balaban J connectivity index is 2.56. The first kappa shape index (κ1) is 16.2. The maximum atomic E-state index is 4.28. The van der Waals surface area contributed by atoms with Gasteiger partial charge >= 0.3 is 0 Å². The highest BCUT2D eigenvalue weighted by atomic mass is 79.9. The van der Waals surface area contributed by atoms with Gasteiger partial charge in [-0.05, 0) is 27.8 Å². The Morgan fingerprint density at radius 1 is 1.21 bits per heavy atom. The summed E-state index contributed by atoms with van der Waals surface area (Å²) in [6.07, 6.45) is 6.67. The quantitative estimate of drug-likeness (QED) is 0.698. The van der Waals surface area contributed by atoms with Crippen LogP contribution in [0.5, 0.6) is 0 Å². The Morgan fingerprint density at radius 3 is 2.53 bits per heavy atom. The maximum absolute atomic E-state index is 4.28. The predicted molar refractivity (Wildman–Crippen MR) is 85.7 cm³/mol. The molecule has 4 nitrogen and oxygen atoms in total. The standard InChI is InChI=1S/C14H25BrN4/c1-5-6-7-8-14(2,3)9-17-13-11(15)12(16-4)18-10-19-13/h10H,5-9H2,1-4H3,(H2,16,17,18,19). The molecule has 0 saturated heterocycles. The third kappa shape index (κ3) is 5.35. The van der Waals surface area contributed by atoms with Crippen LogP contribution in [0.2, 0.25) is 0 Å². The second kappa shape index (κ2) is 7.68. The second-order valence-corrected chi connectivity index (χ2v) is 6.40. The average Bonchev–Trinajstić information content (AvgIpc) is 2.38. The van der Waals surface area contributed by atoms with E-state index in [-0.39, 0.29) is 5.41 Å². The average molecular weight is 329 g/mol. The van der Waals surface area contributed by atoms with Crippen molar-refractivity contribution < 1.29 is 0 Å². The van der Waals surface area contributed by atoms with E-state index in [1.54, 1.807) is 6.33 Å². The van der Waals surface area contributed by atoms with E-state index >= 15 is 0 Å². The molecule has 0 bridgehead atoms. The van der Waals surface area contributed by atoms with Crippen molar-refractivity contribution in [2.75, 3.05) is 24.2 Å². The molecule has 0 saturated carbocycles. The molecule has 0 aliphatic heterocycles. The SMILES string of the molecule is CCCCCC(C)(C)CNc1ncnc(NC)c1Br. The van der Waals surface area contributed by atoms with E-state index in [9.17, 15) is 0 Å². The second-order valence-electron chi connectivity index (χ2n) is 5.61. The fourth-order valence-electron chi connectivity index (χ4n) is 1.93. The van der Waals surface area contributed by atoms with Gasteiger partial charge in [0.1, 0.15) is 22.4 Å². The molecule has 0 aromatic carbocycles. The molecule has 5 heteroatoms. The highest BCUT2D eigenvalue weighted by Gasteiger charge is 2.18. The van der Waals surface area contributed by atoms with E-state index in [2.05, 4.69) is 57.3 Å². The van der Waals surface area contributed by atoms with Crippen molar-refractivity contribution in [1.29, 1.82) is 0 Å². The van der Waals surface area contributed by atoms with Gasteiger partial charge in [0.2, 0.25) is 0 Å². The predicted octanol–water partition coefficient (Wildman–Crippen LogP) is 4.30. The number of nitrogens with one attached hydrogen (secondary N) is 2. The zero-order valence-electron chi connectivity index (χ0n) is 12.4. The van der Waals surface area contributed by atoms with Crippen LogP contribution < -0.4 is 10.6 Å². The number of hydrogen-bond donors (Lipinski definition) is 2. The summed E-state index contributed by atoms with van der Waals surface area (Å²) in [5.41, 5.74) is 0.277. The number of rotatable bonds is 8. The van der Waals surface area contributed by atoms with Crippen LogP contribution in [0, 0.1) is 5.41 Å². The van der Waals surface area contributed by atoms with Crippen molar-refractivity contribution in [3.05, 3.63) is 10.8 Å². The fourth-order valence-corrected chi connectivity index (χ4v) is 2.48. The Hall–Kier alpha value is -0.840. The van der Waals surface area contributed by atoms with E-state index < -0.39 is 0 Å². The van der Waals surface area contributed by atoms with Gasteiger partial charge in [0.05, 0.1) is 0 Å². The maximum Gasteiger partial charge on any atom is 0.145 e. The summed E-state index contributed by atoms with van der Waals surface area (Å²) >= 11 is 3.52. The minimum Gasteiger partial charge on any atom is -0.372 e. The fraction of sp³-hybridized carbons (Fsp3) is 0.714. The van der Waals surface area contributed by atoms with Gasteiger partial charge < -0.3 is 10.6 Å². The summed E-state index contributed by atoms with van der Waals surface area (Å²) in [5.74, 6) is 1.66. The first-order valence-electron chi connectivity index (χ1n) is 6.92. The minimum absolute atomic E-state index is 0.277. The third-order valence-corrected chi connectivity index (χ3v) is 3.97. The number of nitrogens with zero attached hydrogens (tertiary/aromatic N) is 2. The van der Waals surface area contributed by atoms with Crippen molar-refractivity contribution in [2.45, 2.75) is 46.5 Å². The summed E-state index contributed by atoms with van der Waals surface area (Å²) in [5, 5.41) is 6.45. The Morgan fingerprint density at radius 2 is 1.89 bits per heavy atom. The van der Waals surface area contributed by atoms with Gasteiger partial charge in [0.25, 0.3) is 0 Å². The minimum atomic E-state index is 0.277. The van der Waals surface area contributed by atoms with Gasteiger partial charge in [-0.2, -0.15) is 0 Å². The molecule has 0 radical (unpaired) electrons. The van der Waals surface area contributed by atoms with Gasteiger partial charge in [-0.25, -0.2) is 9.97 Å². The number of halogens is 1. The highest BCUT2D eigenvalue weighted by Crippen LogP contribution is 2.29. The van der Waals surface area contributed by atoms with Gasteiger partial charge in [-0.1, -0.05) is 40.0 Å². The lowest BCUT2D eigenvalue weighted by Gasteiger charge is -2.25. The normalized spacial score (nSPS) is 11.4. The van der Waals surface area contributed by atoms with E-state index in [0.29, 0.717) is 0 Å². The lowest BCUT2D eigenvalue weighted by atomic mass is 9.87. The van der Waals surface area contributed by atoms with Crippen LogP contribution in [0.15, 0.2) is 10.8 Å². The molecule has 0 unspecified atom stereocenters. The van der Waals surface area contributed by atoms with Crippen molar-refractivity contribution in [1.82, 2.24) is 9.97 Å². The molecule has 1 aromatic heterocycles. The van der Waals surface area contributed by atoms with E-state index in [0.717, 1.165) is 22.7 Å². The van der Waals surface area contributed by atoms with Crippen molar-refractivity contribution in [2.24, 2.45) is 5.41 Å². The molecule has 0 fully saturated rings. The van der Waals surface area contributed by atoms with Crippen LogP contribution in [-0.2, 0) is 0 Å². The first-order valence-corrected chi connectivity index (χ1v) is 7.71. The number of anilines is 2. The number of unbranched alkanes of at least 4 members (excludes halogenated alkanes) is 2. The molecule has 2 N–H and O–H groups in total. The Bertz CT molecular complexity index is 393. The summed E-state index contributed by atoms with van der Waals surface area (Å²) in [6.45, 7) is 7.74. The molecular formula is C14H25BrN4.